The molecule has 0 bridgehead atoms. The molecule has 3 aliphatic carbocycles. The molecule has 1 aliphatic heterocycles. The predicted octanol–water partition coefficient (Wildman–Crippen LogP) is 2.89. The summed E-state index contributed by atoms with van der Waals surface area (Å²) in [6.45, 7) is 9.28. The van der Waals surface area contributed by atoms with Gasteiger partial charge in [-0.25, -0.2) is 4.79 Å². The van der Waals surface area contributed by atoms with Crippen molar-refractivity contribution in [1.29, 1.82) is 0 Å². The first kappa shape index (κ1) is 41.3. The van der Waals surface area contributed by atoms with Gasteiger partial charge in [0.05, 0.1) is 12.6 Å². The fourth-order valence-corrected chi connectivity index (χ4v) is 7.43. The van der Waals surface area contributed by atoms with Crippen LogP contribution in [0.15, 0.2) is 35.6 Å². The van der Waals surface area contributed by atoms with Gasteiger partial charge in [0, 0.05) is 20.6 Å². The van der Waals surface area contributed by atoms with E-state index < -0.39 is 65.6 Å². The van der Waals surface area contributed by atoms with Crippen molar-refractivity contribution >= 4 is 41.4 Å². The predicted molar refractivity (Wildman–Crippen MR) is 198 cm³/mol. The van der Waals surface area contributed by atoms with Gasteiger partial charge in [0.15, 0.2) is 0 Å². The number of likely N-dealkylation sites (tertiary alicyclic amines) is 1. The third-order valence-corrected chi connectivity index (χ3v) is 11.1. The Morgan fingerprint density at radius 2 is 1.70 bits per heavy atom. The van der Waals surface area contributed by atoms with Crippen molar-refractivity contribution in [3.8, 4) is 0 Å². The first-order valence-corrected chi connectivity index (χ1v) is 19.1. The van der Waals surface area contributed by atoms with Crippen molar-refractivity contribution in [3.05, 3.63) is 35.6 Å². The number of allylic oxidation sites excluding steroid dienone is 5. The molecule has 1 saturated heterocycles. The maximum Gasteiger partial charge on any atom is 0.408 e. The lowest BCUT2D eigenvalue weighted by molar-refractivity contribution is -0.145. The van der Waals surface area contributed by atoms with Gasteiger partial charge in [-0.2, -0.15) is 0 Å². The van der Waals surface area contributed by atoms with Gasteiger partial charge < -0.3 is 35.8 Å². The smallest absolute Gasteiger partial charge is 0.408 e. The summed E-state index contributed by atoms with van der Waals surface area (Å²) in [6.07, 6.45) is 12.3. The number of carbonyl (C=O) groups excluding carboxylic acids is 7. The fourth-order valence-electron chi connectivity index (χ4n) is 7.43. The minimum atomic E-state index is -1.19. The molecule has 0 aromatic rings. The van der Waals surface area contributed by atoms with Crippen LogP contribution in [0.1, 0.15) is 92.4 Å². The molecule has 4 rings (SSSR count). The molecule has 14 nitrogen and oxygen atoms in total. The quantitative estimate of drug-likeness (QED) is 0.146. The van der Waals surface area contributed by atoms with Crippen molar-refractivity contribution in [1.82, 2.24) is 31.1 Å². The number of nitrogens with zero attached hydrogens (tertiary/aromatic N) is 2. The van der Waals surface area contributed by atoms with E-state index in [4.69, 9.17) is 4.74 Å². The van der Waals surface area contributed by atoms with E-state index in [0.29, 0.717) is 25.0 Å². The van der Waals surface area contributed by atoms with E-state index in [-0.39, 0.29) is 41.9 Å². The van der Waals surface area contributed by atoms with Crippen molar-refractivity contribution in [2.24, 2.45) is 23.2 Å². The Bertz CT molecular complexity index is 1530. The van der Waals surface area contributed by atoms with Crippen LogP contribution in [0.4, 0.5) is 4.79 Å². The van der Waals surface area contributed by atoms with Crippen LogP contribution >= 0.6 is 0 Å². The van der Waals surface area contributed by atoms with E-state index in [9.17, 15) is 33.6 Å². The number of rotatable bonds is 15. The highest BCUT2D eigenvalue weighted by Gasteiger charge is 2.59. The number of ketones is 1. The molecular weight excluding hydrogens is 680 g/mol. The average molecular weight is 739 g/mol. The Hall–Kier alpha value is -4.49. The van der Waals surface area contributed by atoms with Crippen molar-refractivity contribution in [2.75, 3.05) is 27.2 Å². The normalized spacial score (nSPS) is 23.8. The summed E-state index contributed by atoms with van der Waals surface area (Å²) < 4.78 is 5.60. The van der Waals surface area contributed by atoms with Gasteiger partial charge in [0.25, 0.3) is 11.8 Å². The Labute approximate surface area is 312 Å². The van der Waals surface area contributed by atoms with E-state index >= 15 is 0 Å². The number of alkyl carbamates (subject to hydrolysis) is 1. The largest absolute Gasteiger partial charge is 0.446 e. The molecule has 4 N–H and O–H groups in total. The number of amides is 6. The van der Waals surface area contributed by atoms with Gasteiger partial charge in [-0.1, -0.05) is 77.7 Å². The fraction of sp³-hybridized carbons (Fsp3) is 0.667. The average Bonchev–Trinajstić information content (AvgIpc) is 3.79. The van der Waals surface area contributed by atoms with Gasteiger partial charge in [-0.05, 0) is 67.8 Å². The highest BCUT2D eigenvalue weighted by atomic mass is 16.6. The number of ether oxygens (including phenoxy) is 1. The zero-order valence-electron chi connectivity index (χ0n) is 32.3. The van der Waals surface area contributed by atoms with Crippen LogP contribution in [0.3, 0.4) is 0 Å². The minimum absolute atomic E-state index is 0.0725. The van der Waals surface area contributed by atoms with Crippen LogP contribution in [0.25, 0.3) is 0 Å². The van der Waals surface area contributed by atoms with E-state index in [1.807, 2.05) is 39.8 Å². The number of nitrogens with one attached hydrogen (secondary N) is 4. The van der Waals surface area contributed by atoms with Gasteiger partial charge in [0.2, 0.25) is 23.5 Å². The summed E-state index contributed by atoms with van der Waals surface area (Å²) in [5.74, 6) is -3.85. The number of likely N-dealkylation sites (N-methyl/N-ethyl adjacent to an activating group) is 1. The minimum Gasteiger partial charge on any atom is -0.446 e. The van der Waals surface area contributed by atoms with E-state index in [1.54, 1.807) is 38.1 Å². The molecule has 4 aliphatic rings. The lowest BCUT2D eigenvalue weighted by Gasteiger charge is -2.42. The molecule has 0 aromatic heterocycles. The first-order valence-electron chi connectivity index (χ1n) is 19.1. The molecule has 53 heavy (non-hydrogen) atoms. The highest BCUT2D eigenvalue weighted by Crippen LogP contribution is 2.50. The van der Waals surface area contributed by atoms with Crippen LogP contribution in [0, 0.1) is 23.2 Å². The number of hydrogen-bond donors (Lipinski definition) is 4. The molecule has 0 aromatic carbocycles. The van der Waals surface area contributed by atoms with E-state index in [0.717, 1.165) is 38.5 Å². The zero-order valence-corrected chi connectivity index (χ0v) is 32.3. The van der Waals surface area contributed by atoms with Crippen molar-refractivity contribution in [3.63, 3.8) is 0 Å². The summed E-state index contributed by atoms with van der Waals surface area (Å²) in [7, 11) is 3.11. The van der Waals surface area contributed by atoms with Crippen LogP contribution in [-0.4, -0.2) is 103 Å². The van der Waals surface area contributed by atoms with Crippen molar-refractivity contribution in [2.45, 2.75) is 117 Å². The van der Waals surface area contributed by atoms with Gasteiger partial charge >= 0.3 is 6.09 Å². The molecule has 292 valence electrons. The monoisotopic (exact) mass is 738 g/mol. The second-order valence-electron chi connectivity index (χ2n) is 15.8. The second-order valence-corrected chi connectivity index (χ2v) is 15.8. The molecule has 6 atom stereocenters. The second kappa shape index (κ2) is 18.0. The summed E-state index contributed by atoms with van der Waals surface area (Å²) in [6, 6.07) is -2.95. The summed E-state index contributed by atoms with van der Waals surface area (Å²) in [5, 5.41) is 10.5. The van der Waals surface area contributed by atoms with E-state index in [1.165, 1.54) is 4.90 Å². The standard InChI is InChI=1S/C39H58N6O8/c1-8-15-28(32(47)35(49)40-21-29(46)42-30(36(50)44(6)7)25-16-11-9-12-17-25)41-34(48)31-27-20-26(27)22-45(31)37(51)33(39(5)18-13-10-14-19-39)43-38(52)53-24(4)23(2)3/h9,11-12,16,23-24,26-28,31,33H,8,10,13-15,17-22H2,1-7H3,(H,40,49)(H,41,48)(H,42,46)(H,43,52)/t24?,26?,27-,28?,31-,33+/m0/s1. The van der Waals surface area contributed by atoms with Crippen molar-refractivity contribution < 1.29 is 38.3 Å². The van der Waals surface area contributed by atoms with Crippen LogP contribution in [0.2, 0.25) is 0 Å². The molecule has 2 saturated carbocycles. The summed E-state index contributed by atoms with van der Waals surface area (Å²) in [4.78, 5) is 96.4. The summed E-state index contributed by atoms with van der Waals surface area (Å²) >= 11 is 0. The Morgan fingerprint density at radius 1 is 1.00 bits per heavy atom. The van der Waals surface area contributed by atoms with Crippen LogP contribution in [0.5, 0.6) is 0 Å². The van der Waals surface area contributed by atoms with E-state index in [2.05, 4.69) is 21.3 Å². The molecule has 14 heteroatoms. The Kier molecular flexibility index (Phi) is 14.0. The molecule has 3 fully saturated rings. The number of fused-ring (bicyclic) bond motifs is 1. The number of carbonyl (C=O) groups is 7. The number of Topliss-reactive ketones (excluding diaryl/α,β-unsaturated/α-hetero) is 1. The Balaban J connectivity index is 1.43. The highest BCUT2D eigenvalue weighted by molar-refractivity contribution is 6.38. The molecule has 0 radical (unpaired) electrons. The zero-order chi connectivity index (χ0) is 39.0. The first-order chi connectivity index (χ1) is 25.1. The SMILES string of the molecule is CCCC(NC(=O)[C@@H]1[C@H]2CC2CN1C(=O)[C@@H](NC(=O)OC(C)C(C)C)C1(C)CCCCC1)C(=O)C(=O)NCC(=O)NC(C(=O)N(C)C)=C1C=CC=CC1. The number of hydrogen-bond acceptors (Lipinski definition) is 8. The molecule has 3 unspecified atom stereocenters. The molecule has 6 amide bonds. The summed E-state index contributed by atoms with van der Waals surface area (Å²) in [5.41, 5.74) is 0.138. The lowest BCUT2D eigenvalue weighted by Crippen LogP contribution is -2.61. The molecule has 0 spiro atoms. The van der Waals surface area contributed by atoms with Gasteiger partial charge in [-0.3, -0.25) is 28.8 Å². The third-order valence-electron chi connectivity index (χ3n) is 11.1. The maximum absolute atomic E-state index is 14.4. The topological polar surface area (TPSA) is 183 Å². The third kappa shape index (κ3) is 10.3. The van der Waals surface area contributed by atoms with Gasteiger partial charge in [-0.15, -0.1) is 0 Å². The van der Waals surface area contributed by atoms with Crippen LogP contribution < -0.4 is 21.3 Å². The number of piperidine rings is 1. The van der Waals surface area contributed by atoms with Crippen LogP contribution in [-0.2, 0) is 33.5 Å². The molecule has 1 heterocycles. The van der Waals surface area contributed by atoms with Gasteiger partial charge in [0.1, 0.15) is 23.9 Å². The maximum atomic E-state index is 14.4. The molecular formula is C39H58N6O8. The lowest BCUT2D eigenvalue weighted by atomic mass is 9.70. The Morgan fingerprint density at radius 3 is 2.30 bits per heavy atom.